The maximum absolute atomic E-state index is 6.18. The molecule has 1 N–H and O–H groups in total. The number of aromatic nitrogens is 1. The number of hydrogen-bond donors (Lipinski definition) is 1. The average molecular weight is 619 g/mol. The zero-order valence-corrected chi connectivity index (χ0v) is 26.3. The number of nitrogens with zero attached hydrogens (tertiary/aromatic N) is 3. The smallest absolute Gasteiger partial charge is 0.228 e. The van der Waals surface area contributed by atoms with Crippen molar-refractivity contribution in [3.05, 3.63) is 162 Å². The van der Waals surface area contributed by atoms with Gasteiger partial charge in [-0.2, -0.15) is 0 Å². The van der Waals surface area contributed by atoms with E-state index >= 15 is 0 Å². The predicted molar refractivity (Wildman–Crippen MR) is 198 cm³/mol. The second-order valence-electron chi connectivity index (χ2n) is 13.1. The molecule has 7 aromatic rings. The van der Waals surface area contributed by atoms with Gasteiger partial charge in [-0.15, -0.1) is 0 Å². The van der Waals surface area contributed by atoms with Crippen LogP contribution in [0.2, 0.25) is 0 Å². The molecule has 5 aromatic carbocycles. The number of allylic oxidation sites excluding steroid dienone is 6. The largest absolute Gasteiger partial charge is 0.438 e. The Morgan fingerprint density at radius 3 is 2.40 bits per heavy atom. The maximum atomic E-state index is 6.18. The molecule has 5 nitrogen and oxygen atoms in total. The van der Waals surface area contributed by atoms with Crippen LogP contribution < -0.4 is 5.32 Å². The molecule has 3 unspecified atom stereocenters. The third-order valence-corrected chi connectivity index (χ3v) is 10.2. The van der Waals surface area contributed by atoms with Crippen molar-refractivity contribution in [2.75, 3.05) is 0 Å². The fourth-order valence-corrected chi connectivity index (χ4v) is 7.66. The SMILES string of the molecule is CC12C=CC=CC1C=C(C1N=C(c3cccc4c3ccc3ccc5ccccc5c34)NC(c3ccnc4oc5ccccc5c34)=N1)C=C2. The molecule has 0 amide bonds. The molecule has 2 aromatic heterocycles. The number of furan rings is 1. The van der Waals surface area contributed by atoms with Crippen molar-refractivity contribution in [1.82, 2.24) is 10.3 Å². The van der Waals surface area contributed by atoms with Crippen LogP contribution in [0.25, 0.3) is 54.4 Å². The summed E-state index contributed by atoms with van der Waals surface area (Å²) in [6.07, 6.45) is 17.0. The highest BCUT2D eigenvalue weighted by Crippen LogP contribution is 2.41. The number of nitrogens with one attached hydrogen (secondary N) is 1. The zero-order chi connectivity index (χ0) is 31.8. The van der Waals surface area contributed by atoms with Crippen LogP contribution in [0, 0.1) is 11.3 Å². The van der Waals surface area contributed by atoms with Crippen LogP contribution in [-0.4, -0.2) is 22.8 Å². The summed E-state index contributed by atoms with van der Waals surface area (Å²) in [6.45, 7) is 2.27. The average Bonchev–Trinajstić information content (AvgIpc) is 3.53. The van der Waals surface area contributed by atoms with Crippen molar-refractivity contribution in [3.63, 3.8) is 0 Å². The van der Waals surface area contributed by atoms with Gasteiger partial charge in [-0.3, -0.25) is 0 Å². The van der Waals surface area contributed by atoms with Gasteiger partial charge >= 0.3 is 0 Å². The van der Waals surface area contributed by atoms with Crippen LogP contribution in [0.1, 0.15) is 18.1 Å². The van der Waals surface area contributed by atoms with Crippen LogP contribution in [0.3, 0.4) is 0 Å². The van der Waals surface area contributed by atoms with E-state index in [0.717, 1.165) is 50.1 Å². The second kappa shape index (κ2) is 10.2. The summed E-state index contributed by atoms with van der Waals surface area (Å²) in [5.74, 6) is 1.76. The molecule has 0 saturated heterocycles. The number of hydrogen-bond acceptors (Lipinski definition) is 5. The minimum atomic E-state index is -0.436. The first-order chi connectivity index (χ1) is 23.6. The Bertz CT molecular complexity index is 2690. The Morgan fingerprint density at radius 2 is 1.46 bits per heavy atom. The molecule has 0 bridgehead atoms. The molecule has 3 aliphatic rings. The summed E-state index contributed by atoms with van der Waals surface area (Å²) in [4.78, 5) is 15.2. The van der Waals surface area contributed by atoms with Crippen molar-refractivity contribution >= 4 is 66.1 Å². The first-order valence-electron chi connectivity index (χ1n) is 16.4. The van der Waals surface area contributed by atoms with Crippen LogP contribution in [-0.2, 0) is 0 Å². The molecular weight excluding hydrogens is 589 g/mol. The van der Waals surface area contributed by atoms with E-state index in [2.05, 4.69) is 133 Å². The molecule has 0 saturated carbocycles. The predicted octanol–water partition coefficient (Wildman–Crippen LogP) is 9.81. The molecule has 10 rings (SSSR count). The van der Waals surface area contributed by atoms with E-state index in [0.29, 0.717) is 5.71 Å². The van der Waals surface area contributed by atoms with Crippen molar-refractivity contribution < 1.29 is 4.42 Å². The van der Waals surface area contributed by atoms with Gasteiger partial charge in [-0.05, 0) is 50.0 Å². The van der Waals surface area contributed by atoms with Crippen LogP contribution in [0.15, 0.2) is 166 Å². The molecule has 0 spiro atoms. The second-order valence-corrected chi connectivity index (χ2v) is 13.1. The number of fused-ring (bicyclic) bond motifs is 9. The fraction of sp³-hybridized carbons (Fsp3) is 0.0930. The normalized spacial score (nSPS) is 21.8. The molecule has 228 valence electrons. The van der Waals surface area contributed by atoms with Gasteiger partial charge in [0.2, 0.25) is 5.71 Å². The molecule has 5 heteroatoms. The van der Waals surface area contributed by atoms with E-state index in [-0.39, 0.29) is 11.3 Å². The molecule has 3 heterocycles. The number of benzene rings is 5. The van der Waals surface area contributed by atoms with E-state index in [1.54, 1.807) is 6.20 Å². The number of rotatable bonds is 3. The van der Waals surface area contributed by atoms with E-state index < -0.39 is 6.17 Å². The van der Waals surface area contributed by atoms with E-state index in [9.17, 15) is 0 Å². The van der Waals surface area contributed by atoms with Gasteiger partial charge in [0, 0.05) is 34.0 Å². The van der Waals surface area contributed by atoms with Crippen molar-refractivity contribution in [2.45, 2.75) is 13.1 Å². The van der Waals surface area contributed by atoms with Gasteiger partial charge < -0.3 is 9.73 Å². The number of aliphatic imine (C=N–C) groups is 2. The first-order valence-corrected chi connectivity index (χ1v) is 16.4. The Balaban J connectivity index is 1.19. The molecule has 3 atom stereocenters. The highest BCUT2D eigenvalue weighted by molar-refractivity contribution is 6.27. The van der Waals surface area contributed by atoms with Crippen molar-refractivity contribution in [2.24, 2.45) is 21.3 Å². The summed E-state index contributed by atoms with van der Waals surface area (Å²) >= 11 is 0. The number of pyridine rings is 1. The minimum Gasteiger partial charge on any atom is -0.438 e. The highest BCUT2D eigenvalue weighted by atomic mass is 16.3. The van der Waals surface area contributed by atoms with Gasteiger partial charge in [-0.25, -0.2) is 15.0 Å². The number of para-hydroxylation sites is 1. The lowest BCUT2D eigenvalue weighted by molar-refractivity contribution is 0.447. The summed E-state index contributed by atoms with van der Waals surface area (Å²) < 4.78 is 6.18. The lowest BCUT2D eigenvalue weighted by Crippen LogP contribution is -2.38. The topological polar surface area (TPSA) is 62.8 Å². The Morgan fingerprint density at radius 1 is 0.667 bits per heavy atom. The lowest BCUT2D eigenvalue weighted by Gasteiger charge is -2.35. The highest BCUT2D eigenvalue weighted by Gasteiger charge is 2.33. The van der Waals surface area contributed by atoms with Crippen LogP contribution in [0.4, 0.5) is 0 Å². The maximum Gasteiger partial charge on any atom is 0.228 e. The van der Waals surface area contributed by atoms with Crippen LogP contribution >= 0.6 is 0 Å². The minimum absolute atomic E-state index is 0.0588. The van der Waals surface area contributed by atoms with E-state index in [4.69, 9.17) is 14.4 Å². The van der Waals surface area contributed by atoms with E-state index in [1.807, 2.05) is 24.3 Å². The fourth-order valence-electron chi connectivity index (χ4n) is 7.66. The van der Waals surface area contributed by atoms with Gasteiger partial charge in [-0.1, -0.05) is 134 Å². The molecule has 0 fully saturated rings. The molecule has 48 heavy (non-hydrogen) atoms. The summed E-state index contributed by atoms with van der Waals surface area (Å²) in [5, 5.41) is 12.9. The Kier molecular flexibility index (Phi) is 5.76. The third kappa shape index (κ3) is 4.07. The molecular formula is C43H30N4O. The Labute approximate surface area is 277 Å². The van der Waals surface area contributed by atoms with E-state index in [1.165, 1.54) is 26.9 Å². The van der Waals surface area contributed by atoms with Gasteiger partial charge in [0.25, 0.3) is 0 Å². The molecule has 1 aliphatic heterocycles. The summed E-state index contributed by atoms with van der Waals surface area (Å²) in [7, 11) is 0. The monoisotopic (exact) mass is 618 g/mol. The summed E-state index contributed by atoms with van der Waals surface area (Å²) in [5.41, 5.74) is 4.38. The van der Waals surface area contributed by atoms with Crippen molar-refractivity contribution in [1.29, 1.82) is 0 Å². The number of amidine groups is 2. The standard InChI is InChI=1S/C43H30N4O/c1-43-22-7-6-10-29(43)25-28(20-23-43)39-45-40(47-41(46-39)35-21-24-44-42-38(35)34-12-4-5-15-36(34)48-42)33-14-8-13-32-31(33)19-18-27-17-16-26-9-2-3-11-30(26)37(27)32/h2-25,29,39H,1H3,(H,45,46,47). The van der Waals surface area contributed by atoms with Crippen molar-refractivity contribution in [3.8, 4) is 0 Å². The summed E-state index contributed by atoms with van der Waals surface area (Å²) in [6, 6.07) is 34.1. The lowest BCUT2D eigenvalue weighted by atomic mass is 9.70. The van der Waals surface area contributed by atoms with Gasteiger partial charge in [0.05, 0.1) is 5.39 Å². The van der Waals surface area contributed by atoms with Gasteiger partial charge in [0.1, 0.15) is 17.3 Å². The molecule has 0 radical (unpaired) electrons. The third-order valence-electron chi connectivity index (χ3n) is 10.2. The zero-order valence-electron chi connectivity index (χ0n) is 26.3. The first kappa shape index (κ1) is 27.1. The molecule has 2 aliphatic carbocycles. The Hall–Kier alpha value is -6.07. The van der Waals surface area contributed by atoms with Crippen LogP contribution in [0.5, 0.6) is 0 Å². The quantitative estimate of drug-likeness (QED) is 0.201. The van der Waals surface area contributed by atoms with Gasteiger partial charge in [0.15, 0.2) is 6.17 Å².